The zero-order chi connectivity index (χ0) is 17.9. The molecule has 4 heteroatoms. The minimum Gasteiger partial charge on any atom is -0.445 e. The number of benzene rings is 1. The Morgan fingerprint density at radius 3 is 2.76 bits per heavy atom. The number of carbonyl (C=O) groups excluding carboxylic acids is 1. The Labute approximate surface area is 152 Å². The number of ether oxygens (including phenoxy) is 1. The molecule has 1 atom stereocenters. The summed E-state index contributed by atoms with van der Waals surface area (Å²) in [7, 11) is 0. The Morgan fingerprint density at radius 2 is 2.00 bits per heavy atom. The largest absolute Gasteiger partial charge is 0.445 e. The average molecular weight is 347 g/mol. The molecular formula is C21H34N2O2. The van der Waals surface area contributed by atoms with Crippen LogP contribution in [0, 0.1) is 0 Å². The first-order chi connectivity index (χ1) is 12.2. The monoisotopic (exact) mass is 346 g/mol. The standard InChI is InChI=1S/C21H34N2O2/c1-3-4-5-7-11-19-12-10-13-20(16-19)22-21(24)25-18(2)17-23-14-8-6-9-15-23/h10,12-13,16,18H,3-9,11,14-15,17H2,1-2H3,(H,22,24)/t18-/m0/s1. The summed E-state index contributed by atoms with van der Waals surface area (Å²) in [5.74, 6) is 0. The second kappa shape index (κ2) is 11.1. The molecule has 1 heterocycles. The zero-order valence-electron chi connectivity index (χ0n) is 15.9. The zero-order valence-corrected chi connectivity index (χ0v) is 15.9. The topological polar surface area (TPSA) is 41.6 Å². The van der Waals surface area contributed by atoms with Crippen molar-refractivity contribution in [2.24, 2.45) is 0 Å². The smallest absolute Gasteiger partial charge is 0.411 e. The molecule has 1 saturated heterocycles. The van der Waals surface area contributed by atoms with E-state index < -0.39 is 0 Å². The van der Waals surface area contributed by atoms with E-state index in [1.807, 2.05) is 19.1 Å². The van der Waals surface area contributed by atoms with Crippen LogP contribution in [0.3, 0.4) is 0 Å². The highest BCUT2D eigenvalue weighted by molar-refractivity contribution is 5.84. The number of rotatable bonds is 9. The highest BCUT2D eigenvalue weighted by atomic mass is 16.6. The third-order valence-corrected chi connectivity index (χ3v) is 4.76. The van der Waals surface area contributed by atoms with Crippen LogP contribution in [0.4, 0.5) is 10.5 Å². The Bertz CT molecular complexity index is 512. The van der Waals surface area contributed by atoms with E-state index in [1.54, 1.807) is 0 Å². The number of aryl methyl sites for hydroxylation is 1. The number of hydrogen-bond donors (Lipinski definition) is 1. The number of amides is 1. The SMILES string of the molecule is CCCCCCc1cccc(NC(=O)O[C@@H](C)CN2CCCCC2)c1. The van der Waals surface area contributed by atoms with Gasteiger partial charge in [-0.15, -0.1) is 0 Å². The highest BCUT2D eigenvalue weighted by Crippen LogP contribution is 2.15. The molecule has 0 aliphatic carbocycles. The van der Waals surface area contributed by atoms with E-state index in [1.165, 1.54) is 50.5 Å². The lowest BCUT2D eigenvalue weighted by atomic mass is 10.1. The molecule has 0 bridgehead atoms. The molecule has 0 aromatic heterocycles. The molecule has 2 rings (SSSR count). The van der Waals surface area contributed by atoms with Crippen LogP contribution in [-0.4, -0.2) is 36.7 Å². The number of unbranched alkanes of at least 4 members (excludes halogenated alkanes) is 3. The van der Waals surface area contributed by atoms with E-state index >= 15 is 0 Å². The van der Waals surface area contributed by atoms with Crippen molar-refractivity contribution in [2.75, 3.05) is 25.0 Å². The fourth-order valence-corrected chi connectivity index (χ4v) is 3.43. The molecular weight excluding hydrogens is 312 g/mol. The third-order valence-electron chi connectivity index (χ3n) is 4.76. The number of carbonyl (C=O) groups is 1. The van der Waals surface area contributed by atoms with Crippen LogP contribution in [0.1, 0.15) is 64.4 Å². The fraction of sp³-hybridized carbons (Fsp3) is 0.667. The first-order valence-corrected chi connectivity index (χ1v) is 9.96. The van der Waals surface area contributed by atoms with Crippen molar-refractivity contribution in [1.29, 1.82) is 0 Å². The maximum absolute atomic E-state index is 12.1. The van der Waals surface area contributed by atoms with Gasteiger partial charge in [0, 0.05) is 12.2 Å². The molecule has 25 heavy (non-hydrogen) atoms. The highest BCUT2D eigenvalue weighted by Gasteiger charge is 2.16. The van der Waals surface area contributed by atoms with Crippen molar-refractivity contribution in [3.63, 3.8) is 0 Å². The van der Waals surface area contributed by atoms with Crippen LogP contribution >= 0.6 is 0 Å². The van der Waals surface area contributed by atoms with Gasteiger partial charge in [0.25, 0.3) is 0 Å². The molecule has 1 aromatic carbocycles. The van der Waals surface area contributed by atoms with Gasteiger partial charge in [-0.2, -0.15) is 0 Å². The predicted octanol–water partition coefficient (Wildman–Crippen LogP) is 5.23. The maximum Gasteiger partial charge on any atom is 0.411 e. The lowest BCUT2D eigenvalue weighted by Crippen LogP contribution is -2.37. The molecule has 0 radical (unpaired) electrons. The van der Waals surface area contributed by atoms with E-state index in [9.17, 15) is 4.79 Å². The Kier molecular flexibility index (Phi) is 8.81. The van der Waals surface area contributed by atoms with Crippen molar-refractivity contribution in [3.8, 4) is 0 Å². The molecule has 1 amide bonds. The molecule has 140 valence electrons. The van der Waals surface area contributed by atoms with Crippen LogP contribution in [-0.2, 0) is 11.2 Å². The summed E-state index contributed by atoms with van der Waals surface area (Å²) in [6, 6.07) is 8.11. The molecule has 1 aliphatic heterocycles. The van der Waals surface area contributed by atoms with Gasteiger partial charge in [-0.1, -0.05) is 44.7 Å². The molecule has 0 saturated carbocycles. The van der Waals surface area contributed by atoms with Crippen molar-refractivity contribution in [3.05, 3.63) is 29.8 Å². The van der Waals surface area contributed by atoms with E-state index in [0.29, 0.717) is 0 Å². The summed E-state index contributed by atoms with van der Waals surface area (Å²) in [5, 5.41) is 2.87. The number of nitrogens with one attached hydrogen (secondary N) is 1. The number of nitrogens with zero attached hydrogens (tertiary/aromatic N) is 1. The normalized spacial score (nSPS) is 16.4. The van der Waals surface area contributed by atoms with Crippen molar-refractivity contribution in [1.82, 2.24) is 4.90 Å². The van der Waals surface area contributed by atoms with Crippen LogP contribution in [0.2, 0.25) is 0 Å². The van der Waals surface area contributed by atoms with E-state index in [-0.39, 0.29) is 12.2 Å². The Hall–Kier alpha value is -1.55. The summed E-state index contributed by atoms with van der Waals surface area (Å²) in [4.78, 5) is 14.5. The van der Waals surface area contributed by atoms with Gasteiger partial charge in [-0.25, -0.2) is 4.79 Å². The quantitative estimate of drug-likeness (QED) is 0.622. The van der Waals surface area contributed by atoms with Crippen LogP contribution in [0.15, 0.2) is 24.3 Å². The molecule has 1 aliphatic rings. The summed E-state index contributed by atoms with van der Waals surface area (Å²) < 4.78 is 5.52. The van der Waals surface area contributed by atoms with Crippen LogP contribution in [0.5, 0.6) is 0 Å². The molecule has 1 fully saturated rings. The third kappa shape index (κ3) is 7.91. The van der Waals surface area contributed by atoms with Crippen LogP contribution < -0.4 is 5.32 Å². The van der Waals surface area contributed by atoms with Gasteiger partial charge < -0.3 is 4.74 Å². The van der Waals surface area contributed by atoms with E-state index in [0.717, 1.165) is 31.7 Å². The van der Waals surface area contributed by atoms with Crippen LogP contribution in [0.25, 0.3) is 0 Å². The van der Waals surface area contributed by atoms with Gasteiger partial charge >= 0.3 is 6.09 Å². The summed E-state index contributed by atoms with van der Waals surface area (Å²) >= 11 is 0. The van der Waals surface area contributed by atoms with Gasteiger partial charge in [0.1, 0.15) is 6.10 Å². The summed E-state index contributed by atoms with van der Waals surface area (Å²) in [6.45, 7) is 7.26. The second-order valence-electron chi connectivity index (χ2n) is 7.21. The van der Waals surface area contributed by atoms with Gasteiger partial charge in [0.2, 0.25) is 0 Å². The lowest BCUT2D eigenvalue weighted by molar-refractivity contribution is 0.0833. The van der Waals surface area contributed by atoms with Crippen molar-refractivity contribution >= 4 is 11.8 Å². The first kappa shape index (κ1) is 19.8. The Balaban J connectivity index is 1.73. The minimum atomic E-state index is -0.354. The molecule has 4 nitrogen and oxygen atoms in total. The summed E-state index contributed by atoms with van der Waals surface area (Å²) in [5.41, 5.74) is 2.10. The lowest BCUT2D eigenvalue weighted by Gasteiger charge is -2.28. The van der Waals surface area contributed by atoms with Gasteiger partial charge in [-0.05, 0) is 63.4 Å². The maximum atomic E-state index is 12.1. The molecule has 1 aromatic rings. The first-order valence-electron chi connectivity index (χ1n) is 9.96. The van der Waals surface area contributed by atoms with E-state index in [4.69, 9.17) is 4.74 Å². The van der Waals surface area contributed by atoms with Gasteiger partial charge in [-0.3, -0.25) is 10.2 Å². The molecule has 1 N–H and O–H groups in total. The average Bonchev–Trinajstić information content (AvgIpc) is 2.59. The van der Waals surface area contributed by atoms with Crippen molar-refractivity contribution < 1.29 is 9.53 Å². The number of piperidine rings is 1. The molecule has 0 unspecified atom stereocenters. The predicted molar refractivity (Wildman–Crippen MR) is 104 cm³/mol. The Morgan fingerprint density at radius 1 is 1.20 bits per heavy atom. The second-order valence-corrected chi connectivity index (χ2v) is 7.21. The van der Waals surface area contributed by atoms with Gasteiger partial charge in [0.05, 0.1) is 0 Å². The number of anilines is 1. The minimum absolute atomic E-state index is 0.0877. The summed E-state index contributed by atoms with van der Waals surface area (Å²) in [6.07, 6.45) is 9.47. The number of likely N-dealkylation sites (tertiary alicyclic amines) is 1. The van der Waals surface area contributed by atoms with E-state index in [2.05, 4.69) is 29.3 Å². The number of hydrogen-bond acceptors (Lipinski definition) is 3. The van der Waals surface area contributed by atoms with Gasteiger partial charge in [0.15, 0.2) is 0 Å². The van der Waals surface area contributed by atoms with Crippen molar-refractivity contribution in [2.45, 2.75) is 71.3 Å². The fourth-order valence-electron chi connectivity index (χ4n) is 3.43. The molecule has 0 spiro atoms.